The van der Waals surface area contributed by atoms with E-state index in [1.807, 2.05) is 0 Å². The average Bonchev–Trinajstić information content (AvgIpc) is 3.70. The third kappa shape index (κ3) is 9.65. The van der Waals surface area contributed by atoms with Crippen molar-refractivity contribution < 1.29 is 23.3 Å². The van der Waals surface area contributed by atoms with Crippen LogP contribution in [-0.2, 0) is 34.2 Å². The Kier molecular flexibility index (Phi) is 14.2. The van der Waals surface area contributed by atoms with Crippen molar-refractivity contribution in [3.8, 4) is 33.4 Å². The van der Waals surface area contributed by atoms with Crippen LogP contribution in [0.2, 0.25) is 0 Å². The van der Waals surface area contributed by atoms with E-state index in [9.17, 15) is 0 Å². The fourth-order valence-corrected chi connectivity index (χ4v) is 6.62. The van der Waals surface area contributed by atoms with Crippen molar-refractivity contribution in [3.63, 3.8) is 0 Å². The van der Waals surface area contributed by atoms with Gasteiger partial charge in [0.05, 0.1) is 0 Å². The van der Waals surface area contributed by atoms with Gasteiger partial charge >= 0.3 is 30.2 Å². The summed E-state index contributed by atoms with van der Waals surface area (Å²) in [5.41, 5.74) is 14.9. The zero-order chi connectivity index (χ0) is 35.5. The van der Waals surface area contributed by atoms with Crippen molar-refractivity contribution in [2.75, 3.05) is 0 Å². The molecule has 0 heterocycles. The van der Waals surface area contributed by atoms with Gasteiger partial charge in [-0.05, 0) is 40.0 Å². The molecule has 0 fully saturated rings. The van der Waals surface area contributed by atoms with E-state index in [2.05, 4.69) is 197 Å². The molecule has 0 spiro atoms. The number of aryl methyl sites for hydroxylation is 3. The molecule has 0 aromatic heterocycles. The van der Waals surface area contributed by atoms with E-state index >= 15 is 0 Å². The number of rotatable bonds is 3. The molecule has 0 saturated heterocycles. The molecule has 0 nitrogen and oxygen atoms in total. The summed E-state index contributed by atoms with van der Waals surface area (Å²) in [5, 5.41) is 5.38. The summed E-state index contributed by atoms with van der Waals surface area (Å²) in [5.74, 6) is 0. The molecule has 51 heavy (non-hydrogen) atoms. The maximum absolute atomic E-state index is 3.06. The molecule has 0 N–H and O–H groups in total. The van der Waals surface area contributed by atoms with Gasteiger partial charge < -0.3 is 14.9 Å². The standard InChI is InChI=1S/C26H25.C21H23.2CH3.Si.Zr/c1-18-7-5-8-20(15-18)22-16-21-9-6-10-24(25(21)17-22)19-11-13-23(14-12-19)26(2,3)4;1-14-12-19-15(2)6-11-18(20(19)13-14)16-7-9-17(10-8-16)21(3,4)5;;;;/h5-17H,1-4H3;6-13H,1-5H3;2*1H3;;/q4*-1;;. The zero-order valence-corrected chi connectivity index (χ0v) is 36.1. The first-order chi connectivity index (χ1) is 23.3. The van der Waals surface area contributed by atoms with E-state index in [1.54, 1.807) is 0 Å². The Labute approximate surface area is 326 Å². The first-order valence-electron chi connectivity index (χ1n) is 17.2. The predicted octanol–water partition coefficient (Wildman–Crippen LogP) is 14.2. The summed E-state index contributed by atoms with van der Waals surface area (Å²) in [6.07, 6.45) is 0. The van der Waals surface area contributed by atoms with Gasteiger partial charge in [-0.3, -0.25) is 0 Å². The Balaban J connectivity index is 0.000000258. The van der Waals surface area contributed by atoms with E-state index < -0.39 is 0 Å². The second kappa shape index (κ2) is 17.3. The Bertz CT molecular complexity index is 2180. The van der Waals surface area contributed by atoms with Gasteiger partial charge in [0.25, 0.3) is 0 Å². The fourth-order valence-electron chi connectivity index (χ4n) is 6.62. The van der Waals surface area contributed by atoms with Gasteiger partial charge in [0, 0.05) is 0 Å². The molecule has 0 saturated carbocycles. The van der Waals surface area contributed by atoms with Crippen LogP contribution in [0.3, 0.4) is 0 Å². The SMILES string of the molecule is Cc1cc2c(-c3ccc(C(C)(C)C)cc3)ccc(C)c2[cH-]1.Cc1cccc(-c2cc3c(-c4ccc(C(C)(C)C)cc4)cccc3[cH-]2)c1.[CH3-].[CH3-].[Si]=[Zr]. The Morgan fingerprint density at radius 3 is 1.57 bits per heavy atom. The van der Waals surface area contributed by atoms with E-state index in [-0.39, 0.29) is 25.7 Å². The van der Waals surface area contributed by atoms with Crippen molar-refractivity contribution in [3.05, 3.63) is 170 Å². The van der Waals surface area contributed by atoms with Gasteiger partial charge in [0.1, 0.15) is 0 Å². The van der Waals surface area contributed by atoms with E-state index in [1.165, 1.54) is 106 Å². The molecule has 7 aromatic carbocycles. The van der Waals surface area contributed by atoms with Crippen LogP contribution < -0.4 is 0 Å². The van der Waals surface area contributed by atoms with Crippen molar-refractivity contribution in [2.45, 2.75) is 73.1 Å². The van der Waals surface area contributed by atoms with Gasteiger partial charge in [0.2, 0.25) is 0 Å². The summed E-state index contributed by atoms with van der Waals surface area (Å²) in [6.45, 7) is 23.1. The van der Waals surface area contributed by atoms with Crippen LogP contribution in [0.15, 0.2) is 127 Å². The molecular formula is C49H54SiZr-4. The molecule has 0 atom stereocenters. The molecule has 2 heteroatoms. The Morgan fingerprint density at radius 1 is 0.510 bits per heavy atom. The van der Waals surface area contributed by atoms with Crippen LogP contribution in [0.25, 0.3) is 54.9 Å². The van der Waals surface area contributed by atoms with Crippen molar-refractivity contribution in [1.82, 2.24) is 0 Å². The van der Waals surface area contributed by atoms with Crippen molar-refractivity contribution in [2.24, 2.45) is 0 Å². The summed E-state index contributed by atoms with van der Waals surface area (Å²) in [7, 11) is 0. The van der Waals surface area contributed by atoms with Crippen molar-refractivity contribution in [1.29, 1.82) is 0 Å². The summed E-state index contributed by atoms with van der Waals surface area (Å²) >= 11 is 1.36. The molecule has 0 aliphatic rings. The second-order valence-corrected chi connectivity index (χ2v) is 15.4. The Hall–Kier alpha value is -3.58. The summed E-state index contributed by atoms with van der Waals surface area (Å²) in [6, 6.07) is 47.1. The number of benzene rings is 5. The minimum absolute atomic E-state index is 0. The number of hydrogen-bond donors (Lipinski definition) is 0. The fraction of sp³-hybridized carbons (Fsp3) is 0.224. The first kappa shape index (κ1) is 41.8. The summed E-state index contributed by atoms with van der Waals surface area (Å²) < 4.78 is 0. The van der Waals surface area contributed by atoms with Crippen LogP contribution in [0.1, 0.15) is 69.4 Å². The molecule has 0 aliphatic carbocycles. The Morgan fingerprint density at radius 2 is 1.04 bits per heavy atom. The molecule has 0 bridgehead atoms. The third-order valence-corrected chi connectivity index (χ3v) is 9.48. The van der Waals surface area contributed by atoms with Gasteiger partial charge in [-0.25, -0.2) is 0 Å². The second-order valence-electron chi connectivity index (χ2n) is 15.4. The van der Waals surface area contributed by atoms with Crippen LogP contribution in [0.4, 0.5) is 0 Å². The summed E-state index contributed by atoms with van der Waals surface area (Å²) in [4.78, 5) is 0. The topological polar surface area (TPSA) is 0 Å². The van der Waals surface area contributed by atoms with Gasteiger partial charge in [0.15, 0.2) is 0 Å². The van der Waals surface area contributed by atoms with Gasteiger partial charge in [-0.1, -0.05) is 169 Å². The molecule has 0 amide bonds. The van der Waals surface area contributed by atoms with Crippen LogP contribution in [-0.4, -0.2) is 6.88 Å². The minimum atomic E-state index is 0. The monoisotopic (exact) mass is 760 g/mol. The molecule has 0 unspecified atom stereocenters. The zero-order valence-electron chi connectivity index (χ0n) is 32.6. The predicted molar refractivity (Wildman–Crippen MR) is 226 cm³/mol. The van der Waals surface area contributed by atoms with Crippen LogP contribution in [0, 0.1) is 35.6 Å². The molecule has 0 aliphatic heterocycles. The maximum atomic E-state index is 3.06. The molecule has 262 valence electrons. The van der Waals surface area contributed by atoms with E-state index in [4.69, 9.17) is 0 Å². The van der Waals surface area contributed by atoms with E-state index in [0.29, 0.717) is 0 Å². The first-order valence-corrected chi connectivity index (χ1v) is 21.4. The molecule has 7 rings (SSSR count). The normalized spacial score (nSPS) is 11.1. The van der Waals surface area contributed by atoms with Gasteiger partial charge in [-0.15, -0.1) is 68.6 Å². The van der Waals surface area contributed by atoms with E-state index in [0.717, 1.165) is 0 Å². The van der Waals surface area contributed by atoms with Crippen LogP contribution in [0.5, 0.6) is 0 Å². The third-order valence-electron chi connectivity index (χ3n) is 9.48. The quantitative estimate of drug-likeness (QED) is 0.124. The van der Waals surface area contributed by atoms with Crippen molar-refractivity contribution >= 4 is 28.4 Å². The number of fused-ring (bicyclic) bond motifs is 2. The van der Waals surface area contributed by atoms with Crippen LogP contribution >= 0.6 is 0 Å². The molecular weight excluding hydrogens is 708 g/mol. The molecule has 2 radical (unpaired) electrons. The average molecular weight is 762 g/mol. The van der Waals surface area contributed by atoms with Gasteiger partial charge in [-0.2, -0.15) is 6.07 Å². The number of hydrogen-bond acceptors (Lipinski definition) is 0. The molecule has 7 aromatic rings.